The number of para-hydroxylation sites is 1. The van der Waals surface area contributed by atoms with Gasteiger partial charge in [0.25, 0.3) is 5.91 Å². The number of pyridine rings is 1. The molecule has 2 aromatic rings. The second-order valence-corrected chi connectivity index (χ2v) is 7.42. The second kappa shape index (κ2) is 9.32. The Bertz CT molecular complexity index is 741. The molecule has 1 amide bonds. The average molecular weight is 356 g/mol. The molecule has 0 aliphatic rings. The lowest BCUT2D eigenvalue weighted by atomic mass is 10.1. The Balaban J connectivity index is 1.95. The number of rotatable bonds is 8. The van der Waals surface area contributed by atoms with Gasteiger partial charge < -0.3 is 9.64 Å². The van der Waals surface area contributed by atoms with Crippen molar-refractivity contribution in [3.63, 3.8) is 0 Å². The van der Waals surface area contributed by atoms with E-state index < -0.39 is 5.97 Å². The Morgan fingerprint density at radius 1 is 1.04 bits per heavy atom. The van der Waals surface area contributed by atoms with E-state index in [4.69, 9.17) is 4.74 Å². The van der Waals surface area contributed by atoms with Crippen LogP contribution in [0.2, 0.25) is 0 Å². The summed E-state index contributed by atoms with van der Waals surface area (Å²) in [5, 5.41) is 0.980. The van der Waals surface area contributed by atoms with E-state index in [1.807, 2.05) is 30.3 Å². The fraction of sp³-hybridized carbons (Fsp3) is 0.476. The number of esters is 1. The molecule has 5 nitrogen and oxygen atoms in total. The number of hydrogen-bond donors (Lipinski definition) is 0. The first kappa shape index (κ1) is 19.9. The van der Waals surface area contributed by atoms with Crippen molar-refractivity contribution in [1.29, 1.82) is 0 Å². The Hall–Kier alpha value is -2.43. The normalized spacial score (nSPS) is 11.2. The van der Waals surface area contributed by atoms with Gasteiger partial charge in [0.2, 0.25) is 0 Å². The highest BCUT2D eigenvalue weighted by Gasteiger charge is 2.18. The van der Waals surface area contributed by atoms with Crippen LogP contribution in [-0.4, -0.2) is 41.5 Å². The molecule has 0 saturated carbocycles. The van der Waals surface area contributed by atoms with Gasteiger partial charge in [0.15, 0.2) is 6.61 Å². The van der Waals surface area contributed by atoms with Crippen LogP contribution in [0.15, 0.2) is 36.5 Å². The summed E-state index contributed by atoms with van der Waals surface area (Å²) in [4.78, 5) is 30.7. The van der Waals surface area contributed by atoms with Crippen LogP contribution >= 0.6 is 0 Å². The van der Waals surface area contributed by atoms with Gasteiger partial charge in [0.05, 0.1) is 11.9 Å². The SMILES string of the molecule is CC(C)CN(CC(C)C)C(=O)COC(=O)Cc1cccc2cccnc12. The molecule has 0 N–H and O–H groups in total. The van der Waals surface area contributed by atoms with Gasteiger partial charge >= 0.3 is 5.97 Å². The quantitative estimate of drug-likeness (QED) is 0.680. The van der Waals surface area contributed by atoms with Crippen molar-refractivity contribution in [2.24, 2.45) is 11.8 Å². The van der Waals surface area contributed by atoms with Crippen molar-refractivity contribution in [2.45, 2.75) is 34.1 Å². The molecule has 0 aliphatic carbocycles. The van der Waals surface area contributed by atoms with Gasteiger partial charge in [0.1, 0.15) is 0 Å². The van der Waals surface area contributed by atoms with Crippen LogP contribution in [0.4, 0.5) is 0 Å². The lowest BCUT2D eigenvalue weighted by Gasteiger charge is -2.26. The second-order valence-electron chi connectivity index (χ2n) is 7.42. The molecule has 0 saturated heterocycles. The van der Waals surface area contributed by atoms with Crippen molar-refractivity contribution in [2.75, 3.05) is 19.7 Å². The smallest absolute Gasteiger partial charge is 0.310 e. The standard InChI is InChI=1S/C21H28N2O3/c1-15(2)12-23(13-16(3)4)19(24)14-26-20(25)11-18-8-5-7-17-9-6-10-22-21(17)18/h5-10,15-16H,11-14H2,1-4H3. The molecule has 0 aliphatic heterocycles. The van der Waals surface area contributed by atoms with E-state index >= 15 is 0 Å². The van der Waals surface area contributed by atoms with Gasteiger partial charge in [-0.1, -0.05) is 52.0 Å². The number of ether oxygens (including phenoxy) is 1. The highest BCUT2D eigenvalue weighted by Crippen LogP contribution is 2.16. The molecule has 1 heterocycles. The van der Waals surface area contributed by atoms with Crippen molar-refractivity contribution in [3.05, 3.63) is 42.1 Å². The molecule has 0 fully saturated rings. The fourth-order valence-corrected chi connectivity index (χ4v) is 2.91. The first-order valence-electron chi connectivity index (χ1n) is 9.12. The Labute approximate surface area is 155 Å². The number of carbonyl (C=O) groups excluding carboxylic acids is 2. The molecular weight excluding hydrogens is 328 g/mol. The summed E-state index contributed by atoms with van der Waals surface area (Å²) >= 11 is 0. The van der Waals surface area contributed by atoms with Crippen LogP contribution in [0, 0.1) is 11.8 Å². The molecule has 26 heavy (non-hydrogen) atoms. The third-order valence-corrected chi connectivity index (χ3v) is 3.93. The van der Waals surface area contributed by atoms with Gasteiger partial charge in [-0.3, -0.25) is 14.6 Å². The number of carbonyl (C=O) groups is 2. The number of benzene rings is 1. The first-order chi connectivity index (χ1) is 12.4. The van der Waals surface area contributed by atoms with Crippen LogP contribution in [-0.2, 0) is 20.7 Å². The predicted molar refractivity (Wildman–Crippen MR) is 103 cm³/mol. The number of aromatic nitrogens is 1. The zero-order chi connectivity index (χ0) is 19.1. The van der Waals surface area contributed by atoms with E-state index in [2.05, 4.69) is 32.7 Å². The number of fused-ring (bicyclic) bond motifs is 1. The van der Waals surface area contributed by atoms with Crippen molar-refractivity contribution in [1.82, 2.24) is 9.88 Å². The van der Waals surface area contributed by atoms with Gasteiger partial charge in [0, 0.05) is 24.7 Å². The van der Waals surface area contributed by atoms with E-state index in [0.29, 0.717) is 24.9 Å². The summed E-state index contributed by atoms with van der Waals surface area (Å²) in [5.41, 5.74) is 1.60. The van der Waals surface area contributed by atoms with Gasteiger partial charge in [-0.05, 0) is 23.5 Å². The molecule has 2 rings (SSSR count). The lowest BCUT2D eigenvalue weighted by Crippen LogP contribution is -2.39. The third-order valence-electron chi connectivity index (χ3n) is 3.93. The maximum Gasteiger partial charge on any atom is 0.310 e. The van der Waals surface area contributed by atoms with E-state index in [9.17, 15) is 9.59 Å². The lowest BCUT2D eigenvalue weighted by molar-refractivity contribution is -0.151. The minimum absolute atomic E-state index is 0.107. The molecule has 0 bridgehead atoms. The topological polar surface area (TPSA) is 59.5 Å². The maximum absolute atomic E-state index is 12.4. The number of amides is 1. The van der Waals surface area contributed by atoms with Crippen LogP contribution in [0.3, 0.4) is 0 Å². The van der Waals surface area contributed by atoms with Gasteiger partial charge in [-0.15, -0.1) is 0 Å². The Morgan fingerprint density at radius 2 is 1.69 bits per heavy atom. The van der Waals surface area contributed by atoms with E-state index in [-0.39, 0.29) is 18.9 Å². The minimum Gasteiger partial charge on any atom is -0.455 e. The molecule has 1 aromatic heterocycles. The highest BCUT2D eigenvalue weighted by atomic mass is 16.5. The van der Waals surface area contributed by atoms with Gasteiger partial charge in [-0.2, -0.15) is 0 Å². The summed E-state index contributed by atoms with van der Waals surface area (Å²) in [6.07, 6.45) is 1.81. The average Bonchev–Trinajstić information content (AvgIpc) is 2.58. The number of nitrogens with zero attached hydrogens (tertiary/aromatic N) is 2. The van der Waals surface area contributed by atoms with Crippen LogP contribution in [0.25, 0.3) is 10.9 Å². The summed E-state index contributed by atoms with van der Waals surface area (Å²) < 4.78 is 5.24. The summed E-state index contributed by atoms with van der Waals surface area (Å²) in [6.45, 7) is 9.40. The maximum atomic E-state index is 12.4. The molecule has 0 atom stereocenters. The van der Waals surface area contributed by atoms with Crippen molar-refractivity contribution < 1.29 is 14.3 Å². The molecule has 0 radical (unpaired) electrons. The molecular formula is C21H28N2O3. The highest BCUT2D eigenvalue weighted by molar-refractivity contribution is 5.87. The zero-order valence-electron chi connectivity index (χ0n) is 16.1. The van der Waals surface area contributed by atoms with Crippen molar-refractivity contribution >= 4 is 22.8 Å². The van der Waals surface area contributed by atoms with E-state index in [1.165, 1.54) is 0 Å². The molecule has 0 unspecified atom stereocenters. The van der Waals surface area contributed by atoms with Crippen LogP contribution in [0.1, 0.15) is 33.3 Å². The zero-order valence-corrected chi connectivity index (χ0v) is 16.1. The van der Waals surface area contributed by atoms with Crippen molar-refractivity contribution in [3.8, 4) is 0 Å². The predicted octanol–water partition coefficient (Wildman–Crippen LogP) is 3.46. The third kappa shape index (κ3) is 5.83. The fourth-order valence-electron chi connectivity index (χ4n) is 2.91. The monoisotopic (exact) mass is 356 g/mol. The summed E-state index contributed by atoms with van der Waals surface area (Å²) in [7, 11) is 0. The number of hydrogen-bond acceptors (Lipinski definition) is 4. The Kier molecular flexibility index (Phi) is 7.13. The van der Waals surface area contributed by atoms with Gasteiger partial charge in [-0.25, -0.2) is 0 Å². The molecule has 5 heteroatoms. The Morgan fingerprint density at radius 3 is 2.35 bits per heavy atom. The largest absolute Gasteiger partial charge is 0.455 e. The first-order valence-corrected chi connectivity index (χ1v) is 9.12. The van der Waals surface area contributed by atoms with E-state index in [1.54, 1.807) is 11.1 Å². The van der Waals surface area contributed by atoms with E-state index in [0.717, 1.165) is 16.5 Å². The minimum atomic E-state index is -0.412. The van der Waals surface area contributed by atoms with Crippen LogP contribution in [0.5, 0.6) is 0 Å². The molecule has 0 spiro atoms. The molecule has 140 valence electrons. The summed E-state index contributed by atoms with van der Waals surface area (Å²) in [5.74, 6) is 0.188. The summed E-state index contributed by atoms with van der Waals surface area (Å²) in [6, 6.07) is 9.53. The molecule has 1 aromatic carbocycles. The van der Waals surface area contributed by atoms with Crippen LogP contribution < -0.4 is 0 Å².